The molecule has 0 atom stereocenters. The Morgan fingerprint density at radius 3 is 2.59 bits per heavy atom. The first-order chi connectivity index (χ1) is 15.2. The first-order valence-corrected chi connectivity index (χ1v) is 9.30. The van der Waals surface area contributed by atoms with Gasteiger partial charge in [0.05, 0.1) is 5.56 Å². The van der Waals surface area contributed by atoms with E-state index in [2.05, 4.69) is 15.5 Å². The topological polar surface area (TPSA) is 90.0 Å². The Balaban J connectivity index is 1.52. The Bertz CT molecular complexity index is 1340. The number of alkyl halides is 3. The number of rotatable bonds is 5. The van der Waals surface area contributed by atoms with Crippen molar-refractivity contribution in [3.05, 3.63) is 76.6 Å². The molecule has 0 bridgehead atoms. The predicted octanol–water partition coefficient (Wildman–Crippen LogP) is 4.24. The van der Waals surface area contributed by atoms with E-state index in [1.54, 1.807) is 0 Å². The molecule has 7 nitrogen and oxygen atoms in total. The summed E-state index contributed by atoms with van der Waals surface area (Å²) in [5.74, 6) is -1.04. The summed E-state index contributed by atoms with van der Waals surface area (Å²) in [5.41, 5.74) is -0.809. The zero-order chi connectivity index (χ0) is 22.9. The lowest BCUT2D eigenvalue weighted by atomic mass is 10.1. The molecule has 2 aromatic carbocycles. The summed E-state index contributed by atoms with van der Waals surface area (Å²) in [6.45, 7) is -0.0827. The van der Waals surface area contributed by atoms with Crippen LogP contribution in [0.5, 0.6) is 0 Å². The Labute approximate surface area is 177 Å². The molecule has 4 rings (SSSR count). The predicted molar refractivity (Wildman–Crippen MR) is 106 cm³/mol. The summed E-state index contributed by atoms with van der Waals surface area (Å²) in [6, 6.07) is 9.53. The van der Waals surface area contributed by atoms with E-state index in [4.69, 9.17) is 4.52 Å². The normalized spacial score (nSPS) is 11.6. The Kier molecular flexibility index (Phi) is 5.47. The lowest BCUT2D eigenvalue weighted by Gasteiger charge is -2.10. The lowest BCUT2D eigenvalue weighted by Crippen LogP contribution is -2.23. The second kappa shape index (κ2) is 8.25. The van der Waals surface area contributed by atoms with Gasteiger partial charge in [-0.3, -0.25) is 14.2 Å². The van der Waals surface area contributed by atoms with E-state index in [0.29, 0.717) is 5.56 Å². The van der Waals surface area contributed by atoms with E-state index in [-0.39, 0.29) is 35.4 Å². The number of benzene rings is 2. The number of nitrogens with zero attached hydrogens (tertiary/aromatic N) is 3. The molecule has 0 aliphatic carbocycles. The van der Waals surface area contributed by atoms with Crippen LogP contribution in [0.4, 0.5) is 23.2 Å². The number of amides is 1. The highest BCUT2D eigenvalue weighted by atomic mass is 19.4. The van der Waals surface area contributed by atoms with Gasteiger partial charge in [0.1, 0.15) is 23.2 Å². The van der Waals surface area contributed by atoms with Gasteiger partial charge in [-0.25, -0.2) is 9.37 Å². The molecular weight excluding hydrogens is 432 g/mol. The standard InChI is InChI=1S/C21H14F4N4O3/c22-14-6-4-12(5-7-14)18-17-19(32-28-18)26-11-29(20(17)31)9-8-16(30)27-15-3-1-2-13(10-15)21(23,24)25/h1-7,10-11H,8-9H2,(H,27,30). The van der Waals surface area contributed by atoms with Gasteiger partial charge in [0.2, 0.25) is 5.91 Å². The van der Waals surface area contributed by atoms with E-state index in [1.165, 1.54) is 42.7 Å². The summed E-state index contributed by atoms with van der Waals surface area (Å²) in [6.07, 6.45) is -3.54. The van der Waals surface area contributed by atoms with E-state index >= 15 is 0 Å². The smallest absolute Gasteiger partial charge is 0.335 e. The average molecular weight is 446 g/mol. The molecule has 32 heavy (non-hydrogen) atoms. The maximum absolute atomic E-state index is 13.2. The maximum Gasteiger partial charge on any atom is 0.416 e. The minimum atomic E-state index is -4.53. The summed E-state index contributed by atoms with van der Waals surface area (Å²) in [5, 5.41) is 6.28. The number of carbonyl (C=O) groups is 1. The van der Waals surface area contributed by atoms with Crippen molar-refractivity contribution in [3.63, 3.8) is 0 Å². The van der Waals surface area contributed by atoms with Crippen LogP contribution >= 0.6 is 0 Å². The van der Waals surface area contributed by atoms with Gasteiger partial charge in [0.25, 0.3) is 11.3 Å². The van der Waals surface area contributed by atoms with Crippen LogP contribution in [-0.4, -0.2) is 20.6 Å². The van der Waals surface area contributed by atoms with Crippen molar-refractivity contribution in [2.45, 2.75) is 19.1 Å². The number of aromatic nitrogens is 3. The largest absolute Gasteiger partial charge is 0.416 e. The van der Waals surface area contributed by atoms with E-state index in [9.17, 15) is 27.2 Å². The Morgan fingerprint density at radius 2 is 1.88 bits per heavy atom. The lowest BCUT2D eigenvalue weighted by molar-refractivity contribution is -0.137. The number of fused-ring (bicyclic) bond motifs is 1. The number of aryl methyl sites for hydroxylation is 1. The van der Waals surface area contributed by atoms with Gasteiger partial charge in [-0.15, -0.1) is 0 Å². The van der Waals surface area contributed by atoms with E-state index in [1.807, 2.05) is 0 Å². The summed E-state index contributed by atoms with van der Waals surface area (Å²) in [4.78, 5) is 29.1. The van der Waals surface area contributed by atoms with Crippen LogP contribution < -0.4 is 10.9 Å². The van der Waals surface area contributed by atoms with Crippen molar-refractivity contribution in [1.29, 1.82) is 0 Å². The minimum Gasteiger partial charge on any atom is -0.335 e. The van der Waals surface area contributed by atoms with Gasteiger partial charge in [0, 0.05) is 24.2 Å². The monoisotopic (exact) mass is 446 g/mol. The number of nitrogens with one attached hydrogen (secondary N) is 1. The first-order valence-electron chi connectivity index (χ1n) is 9.30. The van der Waals surface area contributed by atoms with Gasteiger partial charge in [-0.05, 0) is 42.5 Å². The fourth-order valence-electron chi connectivity index (χ4n) is 3.06. The van der Waals surface area contributed by atoms with Crippen LogP contribution in [0.15, 0.2) is 64.2 Å². The van der Waals surface area contributed by atoms with Crippen LogP contribution in [0.25, 0.3) is 22.4 Å². The Morgan fingerprint density at radius 1 is 1.12 bits per heavy atom. The molecule has 11 heteroatoms. The third-order valence-electron chi connectivity index (χ3n) is 4.63. The molecule has 0 radical (unpaired) electrons. The van der Waals surface area contributed by atoms with Crippen molar-refractivity contribution >= 4 is 22.7 Å². The molecule has 0 unspecified atom stereocenters. The molecule has 0 saturated heterocycles. The fraction of sp³-hybridized carbons (Fsp3) is 0.143. The number of halogens is 4. The van der Waals surface area contributed by atoms with Crippen molar-refractivity contribution in [3.8, 4) is 11.3 Å². The van der Waals surface area contributed by atoms with Crippen LogP contribution in [0, 0.1) is 5.82 Å². The molecule has 2 heterocycles. The molecule has 1 N–H and O–H groups in total. The summed E-state index contributed by atoms with van der Waals surface area (Å²) >= 11 is 0. The van der Waals surface area contributed by atoms with Crippen LogP contribution in [0.3, 0.4) is 0 Å². The molecule has 0 fully saturated rings. The number of anilines is 1. The molecule has 0 spiro atoms. The van der Waals surface area contributed by atoms with Crippen LogP contribution in [-0.2, 0) is 17.5 Å². The minimum absolute atomic E-state index is 0.0108. The molecule has 4 aromatic rings. The van der Waals surface area contributed by atoms with Crippen LogP contribution in [0.2, 0.25) is 0 Å². The van der Waals surface area contributed by atoms with Gasteiger partial charge in [-0.1, -0.05) is 11.2 Å². The van der Waals surface area contributed by atoms with Crippen LogP contribution in [0.1, 0.15) is 12.0 Å². The molecule has 1 amide bonds. The maximum atomic E-state index is 13.2. The molecule has 164 valence electrons. The third kappa shape index (κ3) is 4.36. The SMILES string of the molecule is O=C(CCn1cnc2onc(-c3ccc(F)cc3)c2c1=O)Nc1cccc(C(F)(F)F)c1. The summed E-state index contributed by atoms with van der Waals surface area (Å²) in [7, 11) is 0. The zero-order valence-electron chi connectivity index (χ0n) is 16.2. The molecule has 0 saturated carbocycles. The first kappa shape index (κ1) is 21.2. The van der Waals surface area contributed by atoms with Gasteiger partial charge in [-0.2, -0.15) is 13.2 Å². The molecule has 2 aromatic heterocycles. The highest BCUT2D eigenvalue weighted by Crippen LogP contribution is 2.30. The van der Waals surface area contributed by atoms with Crippen molar-refractivity contribution in [1.82, 2.24) is 14.7 Å². The third-order valence-corrected chi connectivity index (χ3v) is 4.63. The Hall–Kier alpha value is -4.02. The second-order valence-electron chi connectivity index (χ2n) is 6.84. The zero-order valence-corrected chi connectivity index (χ0v) is 16.2. The van der Waals surface area contributed by atoms with E-state index in [0.717, 1.165) is 16.7 Å². The summed E-state index contributed by atoms with van der Waals surface area (Å²) < 4.78 is 57.8. The second-order valence-corrected chi connectivity index (χ2v) is 6.84. The van der Waals surface area contributed by atoms with Crippen molar-refractivity contribution in [2.24, 2.45) is 0 Å². The van der Waals surface area contributed by atoms with Gasteiger partial charge >= 0.3 is 6.18 Å². The highest BCUT2D eigenvalue weighted by Gasteiger charge is 2.30. The molecule has 0 aliphatic heterocycles. The molecule has 0 aliphatic rings. The highest BCUT2D eigenvalue weighted by molar-refractivity contribution is 5.91. The number of hydrogen-bond donors (Lipinski definition) is 1. The van der Waals surface area contributed by atoms with Gasteiger partial charge < -0.3 is 9.84 Å². The van der Waals surface area contributed by atoms with Crippen molar-refractivity contribution < 1.29 is 26.9 Å². The molecular formula is C21H14F4N4O3. The number of hydrogen-bond acceptors (Lipinski definition) is 5. The quantitative estimate of drug-likeness (QED) is 0.463. The van der Waals surface area contributed by atoms with Crippen molar-refractivity contribution in [2.75, 3.05) is 5.32 Å². The average Bonchev–Trinajstić information content (AvgIpc) is 3.18. The fourth-order valence-corrected chi connectivity index (χ4v) is 3.06. The van der Waals surface area contributed by atoms with Gasteiger partial charge in [0.15, 0.2) is 0 Å². The number of carbonyl (C=O) groups excluding carboxylic acids is 1. The van der Waals surface area contributed by atoms with E-state index < -0.39 is 29.0 Å².